The zero-order valence-electron chi connectivity index (χ0n) is 27.6. The van der Waals surface area contributed by atoms with E-state index in [0.29, 0.717) is 40.4 Å². The van der Waals surface area contributed by atoms with Crippen molar-refractivity contribution in [3.05, 3.63) is 99.4 Å². The second kappa shape index (κ2) is 16.4. The van der Waals surface area contributed by atoms with Crippen molar-refractivity contribution in [2.24, 2.45) is 0 Å². The van der Waals surface area contributed by atoms with Crippen molar-refractivity contribution in [3.8, 4) is 38.4 Å². The van der Waals surface area contributed by atoms with Gasteiger partial charge in [-0.05, 0) is 89.6 Å². The van der Waals surface area contributed by atoms with E-state index in [1.165, 1.54) is 9.78 Å². The Kier molecular flexibility index (Phi) is 11.8. The smallest absolute Gasteiger partial charge is 0.257 e. The van der Waals surface area contributed by atoms with Gasteiger partial charge in [-0.25, -0.2) is 19.9 Å². The van der Waals surface area contributed by atoms with E-state index in [9.17, 15) is 4.79 Å². The Bertz CT molecular complexity index is 2050. The fraction of sp³-hybridized carbons (Fsp3) is 0.171. The summed E-state index contributed by atoms with van der Waals surface area (Å²) in [5, 5.41) is 6.34. The van der Waals surface area contributed by atoms with Gasteiger partial charge in [0.25, 0.3) is 5.91 Å². The van der Waals surface area contributed by atoms with E-state index in [2.05, 4.69) is 65.6 Å². The summed E-state index contributed by atoms with van der Waals surface area (Å²) in [6.07, 6.45) is 3.45. The van der Waals surface area contributed by atoms with Crippen LogP contribution in [0.4, 0.5) is 23.3 Å². The maximum Gasteiger partial charge on any atom is 0.257 e. The van der Waals surface area contributed by atoms with Crippen molar-refractivity contribution in [1.29, 1.82) is 0 Å². The molecule has 0 saturated carbocycles. The number of methoxy groups -OCH3 is 3. The van der Waals surface area contributed by atoms with Crippen molar-refractivity contribution >= 4 is 67.8 Å². The first kappa shape index (κ1) is 35.3. The van der Waals surface area contributed by atoms with Crippen LogP contribution in [0.5, 0.6) is 17.2 Å². The van der Waals surface area contributed by atoms with Gasteiger partial charge < -0.3 is 29.7 Å². The quantitative estimate of drug-likeness (QED) is 0.140. The van der Waals surface area contributed by atoms with Crippen molar-refractivity contribution < 1.29 is 19.0 Å². The number of anilines is 4. The SMILES string of the molecule is COc1ccc(Nc2nccc(-c3ccc(Br)s3)n2)cc1C(=O)N(C)C.COc1ccc(Nc2nccc(-c3ccc(C)s3)n2)cc1OC. The molecule has 0 aliphatic heterocycles. The summed E-state index contributed by atoms with van der Waals surface area (Å²) in [7, 11) is 8.17. The van der Waals surface area contributed by atoms with E-state index in [4.69, 9.17) is 14.2 Å². The van der Waals surface area contributed by atoms with E-state index >= 15 is 0 Å². The molecule has 0 radical (unpaired) electrons. The summed E-state index contributed by atoms with van der Waals surface area (Å²) in [6, 6.07) is 22.8. The Morgan fingerprint density at radius 3 is 1.76 bits per heavy atom. The van der Waals surface area contributed by atoms with Crippen LogP contribution in [-0.4, -0.2) is 66.2 Å². The summed E-state index contributed by atoms with van der Waals surface area (Å²) >= 11 is 6.77. The molecule has 0 atom stereocenters. The molecule has 0 fully saturated rings. The molecule has 1 amide bonds. The molecule has 2 N–H and O–H groups in total. The summed E-state index contributed by atoms with van der Waals surface area (Å²) in [5.41, 5.74) is 3.75. The number of aromatic nitrogens is 4. The number of amides is 1. The summed E-state index contributed by atoms with van der Waals surface area (Å²) in [5.74, 6) is 2.72. The van der Waals surface area contributed by atoms with Crippen LogP contribution in [0.1, 0.15) is 15.2 Å². The Morgan fingerprint density at radius 1 is 0.694 bits per heavy atom. The monoisotopic (exact) mass is 759 g/mol. The fourth-order valence-electron chi connectivity index (χ4n) is 4.50. The van der Waals surface area contributed by atoms with Crippen LogP contribution in [0.2, 0.25) is 0 Å². The average molecular weight is 761 g/mol. The summed E-state index contributed by atoms with van der Waals surface area (Å²) < 4.78 is 16.9. The third-order valence-electron chi connectivity index (χ3n) is 6.86. The average Bonchev–Trinajstić information content (AvgIpc) is 3.76. The number of ether oxygens (including phenoxy) is 3. The van der Waals surface area contributed by atoms with Crippen LogP contribution in [-0.2, 0) is 0 Å². The molecule has 0 saturated heterocycles. The van der Waals surface area contributed by atoms with Crippen LogP contribution in [0.25, 0.3) is 21.1 Å². The first-order valence-electron chi connectivity index (χ1n) is 14.8. The molecule has 14 heteroatoms. The van der Waals surface area contributed by atoms with Gasteiger partial charge in [-0.3, -0.25) is 4.79 Å². The number of hydrogen-bond acceptors (Lipinski definition) is 12. The fourth-order valence-corrected chi connectivity index (χ4v) is 6.70. The lowest BCUT2D eigenvalue weighted by Crippen LogP contribution is -2.22. The molecule has 0 spiro atoms. The number of benzene rings is 2. The lowest BCUT2D eigenvalue weighted by atomic mass is 10.1. The maximum absolute atomic E-state index is 12.4. The molecule has 2 aromatic carbocycles. The second-order valence-electron chi connectivity index (χ2n) is 10.5. The van der Waals surface area contributed by atoms with Gasteiger partial charge in [0.05, 0.1) is 51.8 Å². The van der Waals surface area contributed by atoms with Gasteiger partial charge in [-0.15, -0.1) is 22.7 Å². The van der Waals surface area contributed by atoms with Crippen LogP contribution in [0.3, 0.4) is 0 Å². The molecule has 6 aromatic rings. The highest BCUT2D eigenvalue weighted by atomic mass is 79.9. The Balaban J connectivity index is 0.000000192. The molecular weight excluding hydrogens is 726 g/mol. The number of hydrogen-bond donors (Lipinski definition) is 2. The molecule has 11 nitrogen and oxygen atoms in total. The number of thiophene rings is 2. The number of rotatable bonds is 10. The van der Waals surface area contributed by atoms with Crippen LogP contribution < -0.4 is 24.8 Å². The highest BCUT2D eigenvalue weighted by Gasteiger charge is 2.16. The van der Waals surface area contributed by atoms with Crippen molar-refractivity contribution in [2.45, 2.75) is 6.92 Å². The van der Waals surface area contributed by atoms with Gasteiger partial charge in [0, 0.05) is 48.8 Å². The molecule has 0 aliphatic rings. The predicted octanol–water partition coefficient (Wildman–Crippen LogP) is 8.70. The van der Waals surface area contributed by atoms with Crippen LogP contribution >= 0.6 is 38.6 Å². The van der Waals surface area contributed by atoms with E-state index in [1.54, 1.807) is 82.6 Å². The number of carbonyl (C=O) groups excluding carboxylic acids is 1. The number of nitrogens with one attached hydrogen (secondary N) is 2. The van der Waals surface area contributed by atoms with Gasteiger partial charge in [0.15, 0.2) is 11.5 Å². The number of carbonyl (C=O) groups is 1. The minimum absolute atomic E-state index is 0.136. The lowest BCUT2D eigenvalue weighted by Gasteiger charge is -2.15. The van der Waals surface area contributed by atoms with E-state index in [0.717, 1.165) is 30.6 Å². The zero-order valence-corrected chi connectivity index (χ0v) is 30.9. The molecule has 4 aromatic heterocycles. The van der Waals surface area contributed by atoms with Crippen molar-refractivity contribution in [2.75, 3.05) is 46.1 Å². The minimum atomic E-state index is -0.136. The number of nitrogens with zero attached hydrogens (tertiary/aromatic N) is 5. The Hall–Kier alpha value is -5.05. The van der Waals surface area contributed by atoms with Gasteiger partial charge in [0.2, 0.25) is 11.9 Å². The van der Waals surface area contributed by atoms with Crippen LogP contribution in [0.15, 0.2) is 89.0 Å². The molecule has 0 unspecified atom stereocenters. The molecule has 0 bridgehead atoms. The number of halogens is 1. The summed E-state index contributed by atoms with van der Waals surface area (Å²) in [4.78, 5) is 34.9. The van der Waals surface area contributed by atoms with Gasteiger partial charge in [0.1, 0.15) is 5.75 Å². The number of aryl methyl sites for hydroxylation is 1. The molecule has 252 valence electrons. The minimum Gasteiger partial charge on any atom is -0.496 e. The standard InChI is InChI=1S/C18H17BrN4O2S.C17H17N3O2S/c1-23(2)17(24)12-10-11(4-5-14(12)25-3)21-18-20-9-8-13(22-18)15-6-7-16(19)26-15;1-11-4-7-16(23-11)13-8-9-18-17(20-13)19-12-5-6-14(21-2)15(10-12)22-3/h4-10H,1-3H3,(H,20,21,22);4-10H,1-3H3,(H,18,19,20). The molecule has 0 aliphatic carbocycles. The van der Waals surface area contributed by atoms with Gasteiger partial charge in [-0.1, -0.05) is 0 Å². The molecule has 6 rings (SSSR count). The first-order valence-corrected chi connectivity index (χ1v) is 17.2. The molecule has 4 heterocycles. The highest BCUT2D eigenvalue weighted by Crippen LogP contribution is 2.33. The Morgan fingerprint density at radius 2 is 1.24 bits per heavy atom. The van der Waals surface area contributed by atoms with Gasteiger partial charge in [-0.2, -0.15) is 0 Å². The normalized spacial score (nSPS) is 10.4. The first-order chi connectivity index (χ1) is 23.7. The third-order valence-corrected chi connectivity index (χ3v) is 9.53. The molecular formula is C35H34BrN7O4S2. The second-order valence-corrected chi connectivity index (χ2v) is 14.2. The van der Waals surface area contributed by atoms with E-state index in [1.807, 2.05) is 48.5 Å². The van der Waals surface area contributed by atoms with Crippen molar-refractivity contribution in [3.63, 3.8) is 0 Å². The van der Waals surface area contributed by atoms with Crippen LogP contribution in [0, 0.1) is 6.92 Å². The summed E-state index contributed by atoms with van der Waals surface area (Å²) in [6.45, 7) is 2.08. The maximum atomic E-state index is 12.4. The predicted molar refractivity (Wildman–Crippen MR) is 200 cm³/mol. The third kappa shape index (κ3) is 9.10. The van der Waals surface area contributed by atoms with E-state index in [-0.39, 0.29) is 5.91 Å². The molecule has 49 heavy (non-hydrogen) atoms. The zero-order chi connectivity index (χ0) is 34.9. The Labute approximate surface area is 301 Å². The van der Waals surface area contributed by atoms with Gasteiger partial charge >= 0.3 is 0 Å². The topological polar surface area (TPSA) is 124 Å². The lowest BCUT2D eigenvalue weighted by molar-refractivity contribution is 0.0824. The van der Waals surface area contributed by atoms with Crippen molar-refractivity contribution in [1.82, 2.24) is 24.8 Å². The highest BCUT2D eigenvalue weighted by molar-refractivity contribution is 9.11. The van der Waals surface area contributed by atoms with E-state index < -0.39 is 0 Å². The largest absolute Gasteiger partial charge is 0.496 e.